The smallest absolute Gasteiger partial charge is 0.255 e. The number of nitrogens with zero attached hydrogens (tertiary/aromatic N) is 2. The largest absolute Gasteiger partial charge is 0.380 e. The molecule has 0 aliphatic heterocycles. The summed E-state index contributed by atoms with van der Waals surface area (Å²) >= 11 is 11.7. The van der Waals surface area contributed by atoms with Gasteiger partial charge in [-0.2, -0.15) is 0 Å². The highest BCUT2D eigenvalue weighted by Crippen LogP contribution is 2.19. The monoisotopic (exact) mass is 290 g/mol. The van der Waals surface area contributed by atoms with E-state index in [1.165, 1.54) is 12.3 Å². The molecule has 0 fully saturated rings. The number of ether oxygens (including phenoxy) is 1. The van der Waals surface area contributed by atoms with Crippen LogP contribution in [0.4, 0.5) is 0 Å². The van der Waals surface area contributed by atoms with Gasteiger partial charge in [-0.15, -0.1) is 0 Å². The van der Waals surface area contributed by atoms with Crippen LogP contribution in [-0.4, -0.2) is 42.1 Å². The highest BCUT2D eigenvalue weighted by molar-refractivity contribution is 6.35. The van der Waals surface area contributed by atoms with Gasteiger partial charge in [0, 0.05) is 25.9 Å². The first-order chi connectivity index (χ1) is 8.60. The van der Waals surface area contributed by atoms with Crippen LogP contribution in [0.1, 0.15) is 24.2 Å². The second kappa shape index (κ2) is 7.56. The average Bonchev–Trinajstić information content (AvgIpc) is 2.37. The van der Waals surface area contributed by atoms with Crippen molar-refractivity contribution < 1.29 is 9.53 Å². The molecule has 0 spiro atoms. The fourth-order valence-electron chi connectivity index (χ4n) is 1.47. The van der Waals surface area contributed by atoms with Gasteiger partial charge in [0.15, 0.2) is 0 Å². The Balaban J connectivity index is 2.79. The van der Waals surface area contributed by atoms with Crippen LogP contribution in [-0.2, 0) is 4.74 Å². The maximum atomic E-state index is 12.2. The first kappa shape index (κ1) is 15.2. The SMILES string of the molecule is CCOCCN(CC)C(=O)c1cc(Cl)ncc1Cl. The molecule has 0 saturated heterocycles. The van der Waals surface area contributed by atoms with Crippen LogP contribution in [0.25, 0.3) is 0 Å². The summed E-state index contributed by atoms with van der Waals surface area (Å²) in [4.78, 5) is 17.7. The van der Waals surface area contributed by atoms with E-state index in [1.54, 1.807) is 4.90 Å². The minimum Gasteiger partial charge on any atom is -0.380 e. The van der Waals surface area contributed by atoms with Crippen molar-refractivity contribution in [3.05, 3.63) is 28.0 Å². The van der Waals surface area contributed by atoms with Crippen LogP contribution >= 0.6 is 23.2 Å². The minimum atomic E-state index is -0.161. The van der Waals surface area contributed by atoms with Crippen LogP contribution in [0, 0.1) is 0 Å². The normalized spacial score (nSPS) is 10.4. The highest BCUT2D eigenvalue weighted by Gasteiger charge is 2.17. The molecule has 1 amide bonds. The van der Waals surface area contributed by atoms with E-state index in [9.17, 15) is 4.79 Å². The molecule has 0 saturated carbocycles. The van der Waals surface area contributed by atoms with Gasteiger partial charge in [-0.1, -0.05) is 23.2 Å². The van der Waals surface area contributed by atoms with Gasteiger partial charge in [-0.05, 0) is 19.9 Å². The number of carbonyl (C=O) groups is 1. The Kier molecular flexibility index (Phi) is 6.39. The third-order valence-electron chi connectivity index (χ3n) is 2.43. The lowest BCUT2D eigenvalue weighted by Gasteiger charge is -2.21. The molecule has 1 aromatic heterocycles. The standard InChI is InChI=1S/C12H16Cl2N2O2/c1-3-16(5-6-18-4-2)12(17)9-7-11(14)15-8-10(9)13/h7-8H,3-6H2,1-2H3. The lowest BCUT2D eigenvalue weighted by molar-refractivity contribution is 0.0669. The molecule has 1 rings (SSSR count). The second-order valence-corrected chi connectivity index (χ2v) is 4.36. The van der Waals surface area contributed by atoms with E-state index >= 15 is 0 Å². The topological polar surface area (TPSA) is 42.4 Å². The Bertz CT molecular complexity index is 413. The number of aromatic nitrogens is 1. The van der Waals surface area contributed by atoms with Crippen LogP contribution in [0.15, 0.2) is 12.3 Å². The Hall–Kier alpha value is -0.840. The predicted octanol–water partition coefficient (Wildman–Crippen LogP) is 2.89. The van der Waals surface area contributed by atoms with E-state index < -0.39 is 0 Å². The van der Waals surface area contributed by atoms with Crippen molar-refractivity contribution in [1.29, 1.82) is 0 Å². The number of pyridine rings is 1. The summed E-state index contributed by atoms with van der Waals surface area (Å²) in [7, 11) is 0. The third-order valence-corrected chi connectivity index (χ3v) is 2.94. The molecule has 0 atom stereocenters. The summed E-state index contributed by atoms with van der Waals surface area (Å²) in [6.45, 7) is 6.07. The molecule has 6 heteroatoms. The maximum absolute atomic E-state index is 12.2. The summed E-state index contributed by atoms with van der Waals surface area (Å²) in [5.74, 6) is -0.161. The Labute approximate surface area is 117 Å². The van der Waals surface area contributed by atoms with Crippen molar-refractivity contribution in [2.45, 2.75) is 13.8 Å². The zero-order valence-electron chi connectivity index (χ0n) is 10.4. The van der Waals surface area contributed by atoms with Crippen molar-refractivity contribution in [2.24, 2.45) is 0 Å². The Morgan fingerprint density at radius 2 is 2.17 bits per heavy atom. The molecule has 0 aromatic carbocycles. The van der Waals surface area contributed by atoms with Gasteiger partial charge in [0.25, 0.3) is 5.91 Å². The summed E-state index contributed by atoms with van der Waals surface area (Å²) in [6, 6.07) is 1.48. The second-order valence-electron chi connectivity index (χ2n) is 3.57. The molecule has 0 N–H and O–H groups in total. The number of hydrogen-bond donors (Lipinski definition) is 0. The van der Waals surface area contributed by atoms with E-state index in [0.717, 1.165) is 0 Å². The summed E-state index contributed by atoms with van der Waals surface area (Å²) in [5, 5.41) is 0.558. The van der Waals surface area contributed by atoms with Gasteiger partial charge >= 0.3 is 0 Å². The van der Waals surface area contributed by atoms with Gasteiger partial charge in [-0.3, -0.25) is 4.79 Å². The van der Waals surface area contributed by atoms with Gasteiger partial charge in [-0.25, -0.2) is 4.98 Å². The van der Waals surface area contributed by atoms with E-state index in [4.69, 9.17) is 27.9 Å². The molecular formula is C12H16Cl2N2O2. The van der Waals surface area contributed by atoms with Gasteiger partial charge < -0.3 is 9.64 Å². The van der Waals surface area contributed by atoms with Crippen molar-refractivity contribution >= 4 is 29.1 Å². The van der Waals surface area contributed by atoms with E-state index in [0.29, 0.717) is 36.9 Å². The molecule has 100 valence electrons. The molecule has 0 bridgehead atoms. The number of carbonyl (C=O) groups excluding carboxylic acids is 1. The number of rotatable bonds is 6. The van der Waals surface area contributed by atoms with E-state index in [2.05, 4.69) is 4.98 Å². The molecule has 0 radical (unpaired) electrons. The zero-order valence-corrected chi connectivity index (χ0v) is 12.0. The third kappa shape index (κ3) is 4.12. The molecule has 1 heterocycles. The van der Waals surface area contributed by atoms with Crippen molar-refractivity contribution in [3.63, 3.8) is 0 Å². The minimum absolute atomic E-state index is 0.161. The molecule has 0 aliphatic rings. The fraction of sp³-hybridized carbons (Fsp3) is 0.500. The van der Waals surface area contributed by atoms with Crippen LogP contribution < -0.4 is 0 Å². The maximum Gasteiger partial charge on any atom is 0.255 e. The number of hydrogen-bond acceptors (Lipinski definition) is 3. The van der Waals surface area contributed by atoms with Crippen molar-refractivity contribution in [3.8, 4) is 0 Å². The summed E-state index contributed by atoms with van der Waals surface area (Å²) in [5.41, 5.74) is 0.370. The molecule has 1 aromatic rings. The molecule has 18 heavy (non-hydrogen) atoms. The number of likely N-dealkylation sites (N-methyl/N-ethyl adjacent to an activating group) is 1. The van der Waals surface area contributed by atoms with Gasteiger partial charge in [0.05, 0.1) is 17.2 Å². The average molecular weight is 291 g/mol. The summed E-state index contributed by atoms with van der Waals surface area (Å²) in [6.07, 6.45) is 1.38. The lowest BCUT2D eigenvalue weighted by Crippen LogP contribution is -2.34. The first-order valence-corrected chi connectivity index (χ1v) is 6.53. The van der Waals surface area contributed by atoms with Crippen LogP contribution in [0.2, 0.25) is 10.2 Å². The van der Waals surface area contributed by atoms with Crippen molar-refractivity contribution in [1.82, 2.24) is 9.88 Å². The lowest BCUT2D eigenvalue weighted by atomic mass is 10.2. The molecule has 0 aliphatic carbocycles. The Morgan fingerprint density at radius 1 is 1.44 bits per heavy atom. The molecular weight excluding hydrogens is 275 g/mol. The zero-order chi connectivity index (χ0) is 13.5. The Morgan fingerprint density at radius 3 is 2.78 bits per heavy atom. The van der Waals surface area contributed by atoms with Crippen LogP contribution in [0.3, 0.4) is 0 Å². The highest BCUT2D eigenvalue weighted by atomic mass is 35.5. The summed E-state index contributed by atoms with van der Waals surface area (Å²) < 4.78 is 5.24. The quantitative estimate of drug-likeness (QED) is 0.598. The molecule has 4 nitrogen and oxygen atoms in total. The number of amides is 1. The van der Waals surface area contributed by atoms with E-state index in [1.807, 2.05) is 13.8 Å². The fourth-order valence-corrected chi connectivity index (χ4v) is 1.81. The van der Waals surface area contributed by atoms with Crippen LogP contribution in [0.5, 0.6) is 0 Å². The van der Waals surface area contributed by atoms with Crippen molar-refractivity contribution in [2.75, 3.05) is 26.3 Å². The van der Waals surface area contributed by atoms with E-state index in [-0.39, 0.29) is 11.1 Å². The van der Waals surface area contributed by atoms with Gasteiger partial charge in [0.2, 0.25) is 0 Å². The van der Waals surface area contributed by atoms with Gasteiger partial charge in [0.1, 0.15) is 5.15 Å². The predicted molar refractivity (Wildman–Crippen MR) is 72.3 cm³/mol. The first-order valence-electron chi connectivity index (χ1n) is 5.78. The number of halogens is 2. The molecule has 0 unspecified atom stereocenters.